The van der Waals surface area contributed by atoms with Crippen molar-refractivity contribution in [1.29, 1.82) is 0 Å². The highest BCUT2D eigenvalue weighted by atomic mass is 16.4. The van der Waals surface area contributed by atoms with Gasteiger partial charge >= 0.3 is 5.97 Å². The molecule has 0 radical (unpaired) electrons. The average Bonchev–Trinajstić information content (AvgIpc) is 3.19. The molecule has 34 heavy (non-hydrogen) atoms. The van der Waals surface area contributed by atoms with E-state index in [4.69, 9.17) is 4.98 Å². The molecule has 5 aromatic rings. The monoisotopic (exact) mass is 451 g/mol. The van der Waals surface area contributed by atoms with E-state index in [0.717, 1.165) is 35.3 Å². The molecule has 0 unspecified atom stereocenters. The molecular weight excluding hydrogens is 426 g/mol. The van der Waals surface area contributed by atoms with Crippen molar-refractivity contribution in [3.05, 3.63) is 100 Å². The second-order valence-corrected chi connectivity index (χ2v) is 8.49. The topological polar surface area (TPSA) is 77.1 Å². The predicted molar refractivity (Wildman–Crippen MR) is 134 cm³/mol. The third-order valence-corrected chi connectivity index (χ3v) is 6.31. The minimum absolute atomic E-state index is 0.0392. The lowest BCUT2D eigenvalue weighted by Gasteiger charge is -2.14. The Balaban J connectivity index is 1.59. The third kappa shape index (κ3) is 3.57. The number of aryl methyl sites for hydroxylation is 2. The van der Waals surface area contributed by atoms with Crippen molar-refractivity contribution in [2.45, 2.75) is 26.3 Å². The van der Waals surface area contributed by atoms with Gasteiger partial charge in [0.2, 0.25) is 0 Å². The Bertz CT molecular complexity index is 1590. The molecule has 3 aromatic carbocycles. The summed E-state index contributed by atoms with van der Waals surface area (Å²) in [6.45, 7) is 2.79. The van der Waals surface area contributed by atoms with Gasteiger partial charge in [-0.3, -0.25) is 4.79 Å². The highest BCUT2D eigenvalue weighted by Crippen LogP contribution is 2.28. The van der Waals surface area contributed by atoms with Gasteiger partial charge in [-0.15, -0.1) is 0 Å². The third-order valence-electron chi connectivity index (χ3n) is 6.31. The number of hydrogen-bond acceptors (Lipinski definition) is 3. The van der Waals surface area contributed by atoms with Crippen LogP contribution >= 0.6 is 0 Å². The van der Waals surface area contributed by atoms with Gasteiger partial charge in [0.1, 0.15) is 5.82 Å². The van der Waals surface area contributed by atoms with Gasteiger partial charge in [-0.2, -0.15) is 0 Å². The van der Waals surface area contributed by atoms with Crippen molar-refractivity contribution in [1.82, 2.24) is 14.1 Å². The Hall–Kier alpha value is -4.19. The summed E-state index contributed by atoms with van der Waals surface area (Å²) in [5, 5.41) is 10.5. The Morgan fingerprint density at radius 2 is 1.62 bits per heavy atom. The summed E-state index contributed by atoms with van der Waals surface area (Å²) in [5.74, 6) is -0.0635. The van der Waals surface area contributed by atoms with E-state index in [1.165, 1.54) is 4.57 Å². The first-order chi connectivity index (χ1) is 16.5. The van der Waals surface area contributed by atoms with E-state index in [1.54, 1.807) is 31.3 Å². The fraction of sp³-hybridized carbons (Fsp3) is 0.179. The minimum Gasteiger partial charge on any atom is -0.478 e. The van der Waals surface area contributed by atoms with E-state index in [9.17, 15) is 14.7 Å². The molecule has 6 heteroatoms. The van der Waals surface area contributed by atoms with E-state index in [0.29, 0.717) is 23.0 Å². The number of para-hydroxylation sites is 3. The summed E-state index contributed by atoms with van der Waals surface area (Å²) in [7, 11) is 1.67. The number of aromatic nitrogens is 3. The lowest BCUT2D eigenvalue weighted by molar-refractivity contribution is 0.0699. The zero-order valence-corrected chi connectivity index (χ0v) is 19.2. The summed E-state index contributed by atoms with van der Waals surface area (Å²) >= 11 is 0. The number of hydrogen-bond donors (Lipinski definition) is 1. The smallest absolute Gasteiger partial charge is 0.337 e. The maximum atomic E-state index is 13.2. The molecule has 0 spiro atoms. The van der Waals surface area contributed by atoms with Crippen LogP contribution < -0.4 is 5.56 Å². The molecule has 0 saturated heterocycles. The van der Waals surface area contributed by atoms with Gasteiger partial charge in [0.25, 0.3) is 5.56 Å². The molecule has 5 rings (SSSR count). The van der Waals surface area contributed by atoms with Crippen molar-refractivity contribution in [2.24, 2.45) is 7.05 Å². The fourth-order valence-electron chi connectivity index (χ4n) is 4.66. The molecule has 0 bridgehead atoms. The van der Waals surface area contributed by atoms with Crippen molar-refractivity contribution in [3.63, 3.8) is 0 Å². The number of benzene rings is 3. The number of imidazole rings is 1. The van der Waals surface area contributed by atoms with Crippen LogP contribution in [0.15, 0.2) is 77.6 Å². The highest BCUT2D eigenvalue weighted by molar-refractivity contribution is 6.08. The molecule has 1 N–H and O–H groups in total. The van der Waals surface area contributed by atoms with E-state index < -0.39 is 5.97 Å². The van der Waals surface area contributed by atoms with Crippen LogP contribution in [0.1, 0.15) is 35.1 Å². The predicted octanol–water partition coefficient (Wildman–Crippen LogP) is 5.25. The second kappa shape index (κ2) is 8.63. The number of pyridine rings is 1. The van der Waals surface area contributed by atoms with Gasteiger partial charge in [0.05, 0.1) is 27.7 Å². The van der Waals surface area contributed by atoms with Crippen LogP contribution in [0.3, 0.4) is 0 Å². The number of nitrogens with zero attached hydrogens (tertiary/aromatic N) is 3. The van der Waals surface area contributed by atoms with Crippen LogP contribution in [0.2, 0.25) is 0 Å². The Labute approximate surface area is 196 Å². The Morgan fingerprint density at radius 1 is 0.941 bits per heavy atom. The number of carboxylic acid groups (broad SMARTS) is 1. The van der Waals surface area contributed by atoms with Gasteiger partial charge in [-0.1, -0.05) is 61.5 Å². The van der Waals surface area contributed by atoms with E-state index in [-0.39, 0.29) is 16.7 Å². The lowest BCUT2D eigenvalue weighted by atomic mass is 9.96. The fourth-order valence-corrected chi connectivity index (χ4v) is 4.66. The SMILES string of the molecule is CCCc1nc2ccccc2n1Cc1ccc(-c2c(C(=O)O)c3ccccc3n(C)c2=O)cc1. The quantitative estimate of drug-likeness (QED) is 0.382. The zero-order chi connectivity index (χ0) is 23.8. The molecule has 2 aromatic heterocycles. The minimum atomic E-state index is -1.11. The van der Waals surface area contributed by atoms with Gasteiger partial charge in [0, 0.05) is 25.4 Å². The second-order valence-electron chi connectivity index (χ2n) is 8.49. The summed E-state index contributed by atoms with van der Waals surface area (Å²) < 4.78 is 3.74. The van der Waals surface area contributed by atoms with Gasteiger partial charge in [-0.25, -0.2) is 9.78 Å². The first-order valence-corrected chi connectivity index (χ1v) is 11.4. The summed E-state index contributed by atoms with van der Waals surface area (Å²) in [4.78, 5) is 30.2. The van der Waals surface area contributed by atoms with Crippen LogP contribution in [0.5, 0.6) is 0 Å². The van der Waals surface area contributed by atoms with E-state index in [2.05, 4.69) is 17.6 Å². The Kier molecular flexibility index (Phi) is 5.49. The number of carboxylic acids is 1. The number of fused-ring (bicyclic) bond motifs is 2. The standard InChI is InChI=1S/C28H25N3O3/c1-3-8-24-29-21-10-5-7-12-23(21)31(24)17-18-13-15-19(16-14-18)25-26(28(33)34)20-9-4-6-11-22(20)30(2)27(25)32/h4-7,9-16H,3,8,17H2,1-2H3,(H,33,34). The van der Waals surface area contributed by atoms with Crippen LogP contribution in [0, 0.1) is 0 Å². The molecular formula is C28H25N3O3. The molecule has 6 nitrogen and oxygen atoms in total. The van der Waals surface area contributed by atoms with Crippen molar-refractivity contribution in [2.75, 3.05) is 0 Å². The molecule has 170 valence electrons. The molecule has 0 aliphatic heterocycles. The van der Waals surface area contributed by atoms with E-state index >= 15 is 0 Å². The van der Waals surface area contributed by atoms with Crippen molar-refractivity contribution < 1.29 is 9.90 Å². The van der Waals surface area contributed by atoms with Crippen LogP contribution in [-0.4, -0.2) is 25.2 Å². The molecule has 0 fully saturated rings. The van der Waals surface area contributed by atoms with Crippen LogP contribution in [0.25, 0.3) is 33.1 Å². The molecule has 2 heterocycles. The molecule has 0 amide bonds. The first-order valence-electron chi connectivity index (χ1n) is 11.4. The largest absolute Gasteiger partial charge is 0.478 e. The maximum absolute atomic E-state index is 13.2. The van der Waals surface area contributed by atoms with Crippen molar-refractivity contribution in [3.8, 4) is 11.1 Å². The Morgan fingerprint density at radius 3 is 2.32 bits per heavy atom. The molecule has 0 atom stereocenters. The average molecular weight is 452 g/mol. The summed E-state index contributed by atoms with van der Waals surface area (Å²) in [6, 6.07) is 22.8. The number of carbonyl (C=O) groups is 1. The van der Waals surface area contributed by atoms with E-state index in [1.807, 2.05) is 42.5 Å². The summed E-state index contributed by atoms with van der Waals surface area (Å²) in [6.07, 6.45) is 1.90. The van der Waals surface area contributed by atoms with Gasteiger partial charge in [0.15, 0.2) is 0 Å². The number of aromatic carboxylic acids is 1. The maximum Gasteiger partial charge on any atom is 0.337 e. The molecule has 0 aliphatic carbocycles. The van der Waals surface area contributed by atoms with Gasteiger partial charge < -0.3 is 14.2 Å². The molecule has 0 aliphatic rings. The van der Waals surface area contributed by atoms with Crippen molar-refractivity contribution >= 4 is 27.9 Å². The normalized spacial score (nSPS) is 11.4. The lowest BCUT2D eigenvalue weighted by Crippen LogP contribution is -2.23. The highest BCUT2D eigenvalue weighted by Gasteiger charge is 2.21. The van der Waals surface area contributed by atoms with Crippen LogP contribution in [0.4, 0.5) is 0 Å². The zero-order valence-electron chi connectivity index (χ0n) is 19.2. The molecule has 0 saturated carbocycles. The van der Waals surface area contributed by atoms with Crippen LogP contribution in [-0.2, 0) is 20.0 Å². The summed E-state index contributed by atoms with van der Waals surface area (Å²) in [5.41, 5.74) is 4.24. The first kappa shape index (κ1) is 21.6. The van der Waals surface area contributed by atoms with Gasteiger partial charge in [-0.05, 0) is 35.7 Å². The number of rotatable bonds is 6.